The lowest BCUT2D eigenvalue weighted by Gasteiger charge is -2.32. The summed E-state index contributed by atoms with van der Waals surface area (Å²) in [6.45, 7) is 7.30. The van der Waals surface area contributed by atoms with E-state index in [1.165, 1.54) is 12.8 Å². The molecule has 216 valence electrons. The Morgan fingerprint density at radius 3 is 2.64 bits per heavy atom. The molecule has 42 heavy (non-hydrogen) atoms. The number of carbonyl (C=O) groups is 1. The van der Waals surface area contributed by atoms with E-state index in [9.17, 15) is 4.79 Å². The molecule has 0 atom stereocenters. The van der Waals surface area contributed by atoms with Crippen molar-refractivity contribution in [1.29, 1.82) is 0 Å². The van der Waals surface area contributed by atoms with E-state index < -0.39 is 0 Å². The van der Waals surface area contributed by atoms with E-state index in [2.05, 4.69) is 43.9 Å². The zero-order chi connectivity index (χ0) is 28.8. The summed E-state index contributed by atoms with van der Waals surface area (Å²) in [5.74, 6) is 2.18. The number of carbonyl (C=O) groups excluding carboxylic acids is 1. The molecule has 1 amide bonds. The van der Waals surface area contributed by atoms with Crippen LogP contribution in [0.5, 0.6) is 5.75 Å². The van der Waals surface area contributed by atoms with Crippen LogP contribution in [-0.2, 0) is 4.74 Å². The number of ether oxygens (including phenoxy) is 2. The highest BCUT2D eigenvalue weighted by molar-refractivity contribution is 7.12. The summed E-state index contributed by atoms with van der Waals surface area (Å²) >= 11 is 1.65. The molecular formula is C32H34N6O3S. The fourth-order valence-electron chi connectivity index (χ4n) is 6.01. The molecule has 0 radical (unpaired) electrons. The highest BCUT2D eigenvalue weighted by Crippen LogP contribution is 2.46. The zero-order valence-corrected chi connectivity index (χ0v) is 24.7. The summed E-state index contributed by atoms with van der Waals surface area (Å²) in [5.41, 5.74) is 5.43. The van der Waals surface area contributed by atoms with E-state index in [1.54, 1.807) is 36.5 Å². The lowest BCUT2D eigenvalue weighted by Crippen LogP contribution is -2.37. The molecule has 0 unspecified atom stereocenters. The summed E-state index contributed by atoms with van der Waals surface area (Å²) < 4.78 is 14.1. The van der Waals surface area contributed by atoms with E-state index in [4.69, 9.17) is 14.5 Å². The molecule has 2 fully saturated rings. The fourth-order valence-corrected chi connectivity index (χ4v) is 6.96. The van der Waals surface area contributed by atoms with Crippen molar-refractivity contribution in [1.82, 2.24) is 24.3 Å². The molecule has 3 aromatic heterocycles. The predicted molar refractivity (Wildman–Crippen MR) is 166 cm³/mol. The van der Waals surface area contributed by atoms with Crippen LogP contribution in [0, 0.1) is 0 Å². The van der Waals surface area contributed by atoms with E-state index in [0.717, 1.165) is 75.9 Å². The molecule has 9 nitrogen and oxygen atoms in total. The van der Waals surface area contributed by atoms with Gasteiger partial charge in [0, 0.05) is 67.5 Å². The number of fused-ring (bicyclic) bond motifs is 2. The van der Waals surface area contributed by atoms with Crippen LogP contribution in [-0.4, -0.2) is 70.6 Å². The molecule has 10 heteroatoms. The van der Waals surface area contributed by atoms with Gasteiger partial charge < -0.3 is 29.2 Å². The highest BCUT2D eigenvalue weighted by atomic mass is 32.1. The van der Waals surface area contributed by atoms with Gasteiger partial charge in [0.05, 0.1) is 18.1 Å². The number of nitrogens with zero attached hydrogens (tertiary/aromatic N) is 5. The van der Waals surface area contributed by atoms with Crippen LogP contribution in [0.3, 0.4) is 0 Å². The first-order valence-corrected chi connectivity index (χ1v) is 15.3. The molecule has 1 saturated heterocycles. The second kappa shape index (κ2) is 10.9. The van der Waals surface area contributed by atoms with Crippen molar-refractivity contribution in [3.63, 3.8) is 0 Å². The zero-order valence-electron chi connectivity index (χ0n) is 23.9. The number of thiophene rings is 1. The number of hydrogen-bond donors (Lipinski definition) is 1. The van der Waals surface area contributed by atoms with Crippen molar-refractivity contribution in [3.05, 3.63) is 71.0 Å². The number of rotatable bonds is 6. The molecular weight excluding hydrogens is 548 g/mol. The number of allylic oxidation sites excluding steroid dienone is 2. The molecule has 1 aromatic carbocycles. The van der Waals surface area contributed by atoms with Crippen LogP contribution < -0.4 is 10.1 Å². The highest BCUT2D eigenvalue weighted by Gasteiger charge is 2.28. The van der Waals surface area contributed by atoms with Crippen LogP contribution in [0.2, 0.25) is 0 Å². The summed E-state index contributed by atoms with van der Waals surface area (Å²) in [6.07, 6.45) is 8.27. The van der Waals surface area contributed by atoms with Crippen LogP contribution in [0.15, 0.2) is 60.4 Å². The van der Waals surface area contributed by atoms with Crippen molar-refractivity contribution in [3.8, 4) is 16.9 Å². The van der Waals surface area contributed by atoms with Crippen LogP contribution in [0.25, 0.3) is 27.7 Å². The number of morpholine rings is 1. The predicted octanol–water partition coefficient (Wildman–Crippen LogP) is 6.30. The fraction of sp³-hybridized carbons (Fsp3) is 0.344. The SMILES string of the molecule is C=C1C=C(N2CCOCC2)Oc2c(-c3ccc(Nc4ncc5cc(C(=O)N(C)C)n(C6CCCC6)c5n4)cc3)csc21. The number of anilines is 2. The van der Waals surface area contributed by atoms with Crippen molar-refractivity contribution in [2.45, 2.75) is 31.7 Å². The lowest BCUT2D eigenvalue weighted by atomic mass is 10.0. The number of hydrogen-bond acceptors (Lipinski definition) is 8. The minimum atomic E-state index is -0.0132. The van der Waals surface area contributed by atoms with Crippen molar-refractivity contribution >= 4 is 45.5 Å². The maximum Gasteiger partial charge on any atom is 0.270 e. The van der Waals surface area contributed by atoms with E-state index in [-0.39, 0.29) is 11.9 Å². The second-order valence-electron chi connectivity index (χ2n) is 11.2. The lowest BCUT2D eigenvalue weighted by molar-refractivity contribution is 0.0348. The third kappa shape index (κ3) is 4.84. The van der Waals surface area contributed by atoms with Crippen LogP contribution in [0.1, 0.15) is 47.1 Å². The normalized spacial score (nSPS) is 17.2. The maximum absolute atomic E-state index is 13.0. The number of aromatic nitrogens is 3. The second-order valence-corrected chi connectivity index (χ2v) is 12.1. The summed E-state index contributed by atoms with van der Waals surface area (Å²) in [4.78, 5) is 27.4. The first-order chi connectivity index (χ1) is 20.5. The van der Waals surface area contributed by atoms with Gasteiger partial charge >= 0.3 is 0 Å². The van der Waals surface area contributed by atoms with Gasteiger partial charge in [0.25, 0.3) is 5.91 Å². The van der Waals surface area contributed by atoms with Gasteiger partial charge in [-0.05, 0) is 42.2 Å². The largest absolute Gasteiger partial charge is 0.439 e. The van der Waals surface area contributed by atoms with Gasteiger partial charge in [-0.15, -0.1) is 11.3 Å². The third-order valence-corrected chi connectivity index (χ3v) is 9.24. The molecule has 4 aromatic rings. The third-order valence-electron chi connectivity index (χ3n) is 8.21. The van der Waals surface area contributed by atoms with E-state index >= 15 is 0 Å². The number of amides is 1. The molecule has 5 heterocycles. The Hall–Kier alpha value is -4.15. The Bertz CT molecular complexity index is 1690. The molecule has 3 aliphatic rings. The van der Waals surface area contributed by atoms with Gasteiger partial charge in [0.15, 0.2) is 11.6 Å². The van der Waals surface area contributed by atoms with Gasteiger partial charge in [-0.2, -0.15) is 4.98 Å². The first-order valence-electron chi connectivity index (χ1n) is 14.5. The van der Waals surface area contributed by atoms with Crippen LogP contribution >= 0.6 is 11.3 Å². The number of nitrogens with one attached hydrogen (secondary N) is 1. The van der Waals surface area contributed by atoms with E-state index in [1.807, 2.05) is 24.3 Å². The molecule has 0 spiro atoms. The summed E-state index contributed by atoms with van der Waals surface area (Å²) in [6, 6.07) is 10.4. The van der Waals surface area contributed by atoms with E-state index in [0.29, 0.717) is 24.9 Å². The topological polar surface area (TPSA) is 84.8 Å². The van der Waals surface area contributed by atoms with Gasteiger partial charge in [-0.25, -0.2) is 4.98 Å². The Morgan fingerprint density at radius 1 is 1.14 bits per heavy atom. The molecule has 1 N–H and O–H groups in total. The molecule has 7 rings (SSSR count). The molecule has 1 saturated carbocycles. The Kier molecular flexibility index (Phi) is 6.95. The summed E-state index contributed by atoms with van der Waals surface area (Å²) in [5, 5.41) is 6.38. The standard InChI is InChI=1S/C32H34N6O3S/c1-20-16-27(37-12-14-40-15-13-37)41-28-25(19-42-29(20)28)21-8-10-23(11-9-21)34-32-33-18-22-17-26(31(39)36(2)3)38(30(22)35-32)24-6-4-5-7-24/h8-11,16-19,24H,1,4-7,12-15H2,2-3H3,(H,33,34,35). The monoisotopic (exact) mass is 582 g/mol. The average molecular weight is 583 g/mol. The van der Waals surface area contributed by atoms with Gasteiger partial charge in [-0.3, -0.25) is 4.79 Å². The van der Waals surface area contributed by atoms with Crippen LogP contribution in [0.4, 0.5) is 11.6 Å². The maximum atomic E-state index is 13.0. The smallest absolute Gasteiger partial charge is 0.270 e. The first kappa shape index (κ1) is 26.7. The minimum Gasteiger partial charge on any atom is -0.439 e. The van der Waals surface area contributed by atoms with Gasteiger partial charge in [-0.1, -0.05) is 31.6 Å². The van der Waals surface area contributed by atoms with Gasteiger partial charge in [0.2, 0.25) is 5.95 Å². The Balaban J connectivity index is 1.14. The van der Waals surface area contributed by atoms with Crippen molar-refractivity contribution < 1.29 is 14.3 Å². The Labute approximate surface area is 249 Å². The molecule has 0 bridgehead atoms. The minimum absolute atomic E-state index is 0.0132. The van der Waals surface area contributed by atoms with Crippen molar-refractivity contribution in [2.75, 3.05) is 45.7 Å². The average Bonchev–Trinajstić information content (AvgIpc) is 3.76. The quantitative estimate of drug-likeness (QED) is 0.286. The number of benzene rings is 1. The van der Waals surface area contributed by atoms with Crippen molar-refractivity contribution in [2.24, 2.45) is 0 Å². The van der Waals surface area contributed by atoms with Gasteiger partial charge in [0.1, 0.15) is 11.3 Å². The summed E-state index contributed by atoms with van der Waals surface area (Å²) in [7, 11) is 3.57. The molecule has 1 aliphatic carbocycles. The Morgan fingerprint density at radius 2 is 1.90 bits per heavy atom. The molecule has 2 aliphatic heterocycles.